The molecule has 2 atom stereocenters. The van der Waals surface area contributed by atoms with Crippen molar-refractivity contribution in [1.82, 2.24) is 9.97 Å². The summed E-state index contributed by atoms with van der Waals surface area (Å²) in [4.78, 5) is 9.23. The summed E-state index contributed by atoms with van der Waals surface area (Å²) in [5.74, 6) is 0.848. The van der Waals surface area contributed by atoms with Gasteiger partial charge in [0.05, 0.1) is 11.4 Å². The Kier molecular flexibility index (Phi) is 2.69. The molecule has 2 unspecified atom stereocenters. The van der Waals surface area contributed by atoms with Crippen LogP contribution in [0.2, 0.25) is 5.02 Å². The van der Waals surface area contributed by atoms with Gasteiger partial charge in [0.1, 0.15) is 0 Å². The molecule has 0 saturated heterocycles. The van der Waals surface area contributed by atoms with Gasteiger partial charge in [-0.3, -0.25) is 0 Å². The molecule has 2 bridgehead atoms. The highest BCUT2D eigenvalue weighted by Gasteiger charge is 2.61. The first-order valence-corrected chi connectivity index (χ1v) is 8.16. The number of nitrogen functional groups attached to an aromatic ring is 1. The first kappa shape index (κ1) is 14.0. The zero-order valence-corrected chi connectivity index (χ0v) is 13.9. The van der Waals surface area contributed by atoms with E-state index in [1.807, 2.05) is 18.2 Å². The average molecular weight is 314 g/mol. The van der Waals surface area contributed by atoms with Gasteiger partial charge in [0.15, 0.2) is 0 Å². The van der Waals surface area contributed by atoms with E-state index in [2.05, 4.69) is 36.8 Å². The number of nitrogens with zero attached hydrogens (tertiary/aromatic N) is 2. The summed E-state index contributed by atoms with van der Waals surface area (Å²) in [5.41, 5.74) is 10.7. The lowest BCUT2D eigenvalue weighted by Crippen LogP contribution is -2.32. The summed E-state index contributed by atoms with van der Waals surface area (Å²) in [6.45, 7) is 7.03. The normalized spacial score (nSPS) is 27.9. The van der Waals surface area contributed by atoms with Crippen LogP contribution in [0.4, 0.5) is 5.95 Å². The maximum atomic E-state index is 6.17. The molecular formula is C18H20ClN3. The molecule has 3 nitrogen and oxygen atoms in total. The van der Waals surface area contributed by atoms with Crippen molar-refractivity contribution in [2.75, 3.05) is 5.73 Å². The Morgan fingerprint density at radius 2 is 2.00 bits per heavy atom. The van der Waals surface area contributed by atoms with Gasteiger partial charge in [-0.15, -0.1) is 0 Å². The fraction of sp³-hybridized carbons (Fsp3) is 0.444. The van der Waals surface area contributed by atoms with Gasteiger partial charge in [-0.2, -0.15) is 0 Å². The van der Waals surface area contributed by atoms with Crippen molar-refractivity contribution < 1.29 is 0 Å². The van der Waals surface area contributed by atoms with E-state index in [4.69, 9.17) is 17.3 Å². The lowest BCUT2D eigenvalue weighted by atomic mass is 9.70. The minimum Gasteiger partial charge on any atom is -0.368 e. The second kappa shape index (κ2) is 4.23. The van der Waals surface area contributed by atoms with Crippen molar-refractivity contribution in [2.45, 2.75) is 44.9 Å². The molecule has 0 radical (unpaired) electrons. The van der Waals surface area contributed by atoms with Crippen LogP contribution in [-0.4, -0.2) is 9.97 Å². The summed E-state index contributed by atoms with van der Waals surface area (Å²) < 4.78 is 0. The number of anilines is 1. The van der Waals surface area contributed by atoms with E-state index < -0.39 is 0 Å². The van der Waals surface area contributed by atoms with Crippen LogP contribution in [0.5, 0.6) is 0 Å². The van der Waals surface area contributed by atoms with Crippen molar-refractivity contribution in [3.8, 4) is 11.3 Å². The number of hydrogen-bond donors (Lipinski definition) is 1. The molecule has 0 amide bonds. The van der Waals surface area contributed by atoms with E-state index in [0.29, 0.717) is 11.9 Å². The van der Waals surface area contributed by atoms with Gasteiger partial charge in [0, 0.05) is 21.6 Å². The van der Waals surface area contributed by atoms with Crippen LogP contribution in [0.1, 0.15) is 50.8 Å². The number of hydrogen-bond acceptors (Lipinski definition) is 3. The fourth-order valence-corrected chi connectivity index (χ4v) is 4.71. The molecule has 1 aromatic heterocycles. The number of aromatic nitrogens is 2. The van der Waals surface area contributed by atoms with E-state index in [-0.39, 0.29) is 10.8 Å². The Hall–Kier alpha value is -1.61. The van der Waals surface area contributed by atoms with Crippen molar-refractivity contribution >= 4 is 17.5 Å². The molecule has 2 aliphatic carbocycles. The summed E-state index contributed by atoms with van der Waals surface area (Å²) in [6, 6.07) is 7.86. The van der Waals surface area contributed by atoms with E-state index in [1.54, 1.807) is 0 Å². The van der Waals surface area contributed by atoms with Crippen LogP contribution < -0.4 is 5.73 Å². The van der Waals surface area contributed by atoms with Crippen molar-refractivity contribution in [1.29, 1.82) is 0 Å². The highest BCUT2D eigenvalue weighted by Crippen LogP contribution is 2.68. The zero-order chi connectivity index (χ0) is 15.7. The van der Waals surface area contributed by atoms with Gasteiger partial charge < -0.3 is 5.73 Å². The third-order valence-corrected chi connectivity index (χ3v) is 6.39. The van der Waals surface area contributed by atoms with Gasteiger partial charge in [-0.05, 0) is 36.3 Å². The second-order valence-electron chi connectivity index (χ2n) is 7.35. The highest BCUT2D eigenvalue weighted by molar-refractivity contribution is 6.30. The Labute approximate surface area is 135 Å². The third-order valence-electron chi connectivity index (χ3n) is 6.16. The standard InChI is InChI=1S/C18H20ClN3/c1-17(2)12-7-8-18(17,3)15-13(12)14(21-16(20)22-15)10-5-4-6-11(19)9-10/h4-6,9,12H,7-8H2,1-3H3,(H2,20,21,22). The quantitative estimate of drug-likeness (QED) is 0.840. The Morgan fingerprint density at radius 3 is 2.73 bits per heavy atom. The predicted molar refractivity (Wildman–Crippen MR) is 90.0 cm³/mol. The van der Waals surface area contributed by atoms with Crippen LogP contribution in [0.15, 0.2) is 24.3 Å². The van der Waals surface area contributed by atoms with Crippen LogP contribution in [0, 0.1) is 5.41 Å². The smallest absolute Gasteiger partial charge is 0.220 e. The molecular weight excluding hydrogens is 294 g/mol. The first-order valence-electron chi connectivity index (χ1n) is 7.78. The maximum absolute atomic E-state index is 6.17. The van der Waals surface area contributed by atoms with Crippen molar-refractivity contribution in [2.24, 2.45) is 5.41 Å². The Balaban J connectivity index is 2.02. The topological polar surface area (TPSA) is 51.8 Å². The molecule has 1 aromatic carbocycles. The number of benzene rings is 1. The number of rotatable bonds is 1. The molecule has 2 aliphatic rings. The molecule has 22 heavy (non-hydrogen) atoms. The molecule has 0 spiro atoms. The summed E-state index contributed by atoms with van der Waals surface area (Å²) in [7, 11) is 0. The number of halogens is 1. The molecule has 2 N–H and O–H groups in total. The minimum atomic E-state index is 0.0807. The lowest BCUT2D eigenvalue weighted by Gasteiger charge is -2.34. The molecule has 1 saturated carbocycles. The van der Waals surface area contributed by atoms with Gasteiger partial charge in [-0.1, -0.05) is 44.5 Å². The third kappa shape index (κ3) is 1.58. The Bertz CT molecular complexity index is 784. The zero-order valence-electron chi connectivity index (χ0n) is 13.2. The van der Waals surface area contributed by atoms with Crippen molar-refractivity contribution in [3.63, 3.8) is 0 Å². The molecule has 2 aromatic rings. The molecule has 1 heterocycles. The number of fused-ring (bicyclic) bond motifs is 5. The van der Waals surface area contributed by atoms with E-state index in [0.717, 1.165) is 22.0 Å². The van der Waals surface area contributed by atoms with Gasteiger partial charge in [0.25, 0.3) is 0 Å². The average Bonchev–Trinajstić information content (AvgIpc) is 2.78. The van der Waals surface area contributed by atoms with Crippen LogP contribution in [0.3, 0.4) is 0 Å². The number of nitrogens with two attached hydrogens (primary N) is 1. The Morgan fingerprint density at radius 1 is 1.23 bits per heavy atom. The molecule has 0 aliphatic heterocycles. The molecule has 1 fully saturated rings. The largest absolute Gasteiger partial charge is 0.368 e. The minimum absolute atomic E-state index is 0.0807. The van der Waals surface area contributed by atoms with Gasteiger partial charge in [0.2, 0.25) is 5.95 Å². The highest BCUT2D eigenvalue weighted by atomic mass is 35.5. The van der Waals surface area contributed by atoms with E-state index >= 15 is 0 Å². The summed E-state index contributed by atoms with van der Waals surface area (Å²) in [6.07, 6.45) is 2.36. The second-order valence-corrected chi connectivity index (χ2v) is 7.78. The molecule has 4 rings (SSSR count). The summed E-state index contributed by atoms with van der Waals surface area (Å²) >= 11 is 6.17. The van der Waals surface area contributed by atoms with E-state index in [1.165, 1.54) is 18.4 Å². The van der Waals surface area contributed by atoms with Crippen LogP contribution in [0.25, 0.3) is 11.3 Å². The SMILES string of the molecule is CC12CCC(c3c(-c4cccc(Cl)c4)nc(N)nc31)C2(C)C. The molecule has 4 heteroatoms. The van der Waals surface area contributed by atoms with Crippen LogP contribution in [-0.2, 0) is 5.41 Å². The molecule has 114 valence electrons. The first-order chi connectivity index (χ1) is 10.3. The van der Waals surface area contributed by atoms with Gasteiger partial charge in [-0.25, -0.2) is 9.97 Å². The van der Waals surface area contributed by atoms with Crippen LogP contribution >= 0.6 is 11.6 Å². The monoisotopic (exact) mass is 313 g/mol. The van der Waals surface area contributed by atoms with Gasteiger partial charge >= 0.3 is 0 Å². The lowest BCUT2D eigenvalue weighted by molar-refractivity contribution is 0.227. The fourth-order valence-electron chi connectivity index (χ4n) is 4.52. The van der Waals surface area contributed by atoms with Crippen molar-refractivity contribution in [3.05, 3.63) is 40.5 Å². The maximum Gasteiger partial charge on any atom is 0.220 e. The predicted octanol–water partition coefficient (Wildman–Crippen LogP) is 4.55. The van der Waals surface area contributed by atoms with E-state index in [9.17, 15) is 0 Å². The summed E-state index contributed by atoms with van der Waals surface area (Å²) in [5, 5.41) is 0.720.